The van der Waals surface area contributed by atoms with Gasteiger partial charge >= 0.3 is 7.60 Å². The summed E-state index contributed by atoms with van der Waals surface area (Å²) in [6.07, 6.45) is -0.618. The molecular formula is C23H27ClN5O6P. The molecule has 36 heavy (non-hydrogen) atoms. The number of hydrogen-bond acceptors (Lipinski definition) is 8. The summed E-state index contributed by atoms with van der Waals surface area (Å²) in [5.74, 6) is 0.616. The quantitative estimate of drug-likeness (QED) is 0.271. The zero-order chi connectivity index (χ0) is 25.2. The molecule has 2 saturated heterocycles. The van der Waals surface area contributed by atoms with Crippen LogP contribution in [0.4, 0.5) is 5.82 Å². The van der Waals surface area contributed by atoms with Gasteiger partial charge in [0.15, 0.2) is 23.2 Å². The molecule has 0 radical (unpaired) electrons. The minimum absolute atomic E-state index is 0.0400. The molecule has 3 aliphatic rings. The normalized spacial score (nSPS) is 27.1. The van der Waals surface area contributed by atoms with Gasteiger partial charge in [-0.3, -0.25) is 9.13 Å². The van der Waals surface area contributed by atoms with Crippen molar-refractivity contribution in [2.45, 2.75) is 55.6 Å². The highest BCUT2D eigenvalue weighted by atomic mass is 35.5. The van der Waals surface area contributed by atoms with Gasteiger partial charge in [0.25, 0.3) is 0 Å². The monoisotopic (exact) mass is 535 g/mol. The second-order valence-electron chi connectivity index (χ2n) is 10.0. The molecule has 4 heterocycles. The summed E-state index contributed by atoms with van der Waals surface area (Å²) in [5.41, 5.74) is 3.79. The number of nitrogens with zero attached hydrogens (tertiary/aromatic N) is 5. The molecule has 2 unspecified atom stereocenters. The van der Waals surface area contributed by atoms with Crippen LogP contribution in [-0.2, 0) is 21.1 Å². The third kappa shape index (κ3) is 4.03. The van der Waals surface area contributed by atoms with Crippen molar-refractivity contribution >= 4 is 36.2 Å². The SMILES string of the molecule is O=P(O)(O)CCC[C@H]1O[C@@H](n2cnc3c(N4CC5(CCc6ccccc65)C4)nc(Cl)nc32)C(O)C1O. The van der Waals surface area contributed by atoms with Crippen LogP contribution in [0.3, 0.4) is 0 Å². The van der Waals surface area contributed by atoms with Gasteiger partial charge in [-0.05, 0) is 48.4 Å². The highest BCUT2D eigenvalue weighted by molar-refractivity contribution is 7.51. The largest absolute Gasteiger partial charge is 0.388 e. The minimum Gasteiger partial charge on any atom is -0.388 e. The Hall–Kier alpha value is -2.11. The number of aryl methyl sites for hydroxylation is 1. The number of ether oxygens (including phenoxy) is 1. The van der Waals surface area contributed by atoms with Gasteiger partial charge in [0.1, 0.15) is 12.2 Å². The summed E-state index contributed by atoms with van der Waals surface area (Å²) < 4.78 is 18.6. The van der Waals surface area contributed by atoms with Gasteiger partial charge in [0.2, 0.25) is 5.28 Å². The van der Waals surface area contributed by atoms with Crippen LogP contribution in [0.25, 0.3) is 11.2 Å². The number of aromatic nitrogens is 4. The zero-order valence-electron chi connectivity index (χ0n) is 19.3. The number of rotatable bonds is 6. The fraction of sp³-hybridized carbons (Fsp3) is 0.522. The van der Waals surface area contributed by atoms with Gasteiger partial charge in [0, 0.05) is 24.7 Å². The molecule has 0 saturated carbocycles. The van der Waals surface area contributed by atoms with E-state index in [0.717, 1.165) is 25.9 Å². The molecular weight excluding hydrogens is 509 g/mol. The number of fused-ring (bicyclic) bond motifs is 3. The Morgan fingerprint density at radius 3 is 2.72 bits per heavy atom. The van der Waals surface area contributed by atoms with Crippen molar-refractivity contribution in [1.82, 2.24) is 19.5 Å². The Bertz CT molecular complexity index is 1360. The topological polar surface area (TPSA) is 154 Å². The lowest BCUT2D eigenvalue weighted by molar-refractivity contribution is -0.0370. The Morgan fingerprint density at radius 1 is 1.17 bits per heavy atom. The number of imidazole rings is 1. The first kappa shape index (κ1) is 24.2. The molecule has 4 N–H and O–H groups in total. The summed E-state index contributed by atoms with van der Waals surface area (Å²) in [6.45, 7) is 1.59. The van der Waals surface area contributed by atoms with E-state index < -0.39 is 32.1 Å². The molecule has 11 nitrogen and oxygen atoms in total. The van der Waals surface area contributed by atoms with Crippen molar-refractivity contribution in [3.8, 4) is 0 Å². The van der Waals surface area contributed by atoms with Crippen molar-refractivity contribution in [2.75, 3.05) is 24.2 Å². The average molecular weight is 536 g/mol. The van der Waals surface area contributed by atoms with Crippen LogP contribution in [0.1, 0.15) is 36.6 Å². The van der Waals surface area contributed by atoms with E-state index in [-0.39, 0.29) is 29.7 Å². The number of hydrogen-bond donors (Lipinski definition) is 4. The standard InChI is InChI=1S/C23H27ClN5O6P/c24-22-26-19(28-10-23(11-28)8-7-13-4-1-2-5-14(13)23)16-20(27-22)29(12-25-16)21-18(31)17(30)15(35-21)6-3-9-36(32,33)34/h1-2,4-5,12,15,17-18,21,30-31H,3,6-11H2,(H2,32,33,34)/t15-,17?,18?,21-/m1/s1. The number of aliphatic hydroxyl groups excluding tert-OH is 2. The summed E-state index contributed by atoms with van der Waals surface area (Å²) in [7, 11) is -4.15. The fourth-order valence-electron chi connectivity index (χ4n) is 5.91. The lowest BCUT2D eigenvalue weighted by Gasteiger charge is -2.49. The first-order valence-electron chi connectivity index (χ1n) is 11.9. The summed E-state index contributed by atoms with van der Waals surface area (Å²) in [5, 5.41) is 21.2. The summed E-state index contributed by atoms with van der Waals surface area (Å²) in [4.78, 5) is 33.6. The van der Waals surface area contributed by atoms with Gasteiger partial charge < -0.3 is 29.6 Å². The first-order chi connectivity index (χ1) is 17.2. The summed E-state index contributed by atoms with van der Waals surface area (Å²) in [6, 6.07) is 8.55. The van der Waals surface area contributed by atoms with E-state index in [2.05, 4.69) is 44.1 Å². The van der Waals surface area contributed by atoms with Crippen LogP contribution in [-0.4, -0.2) is 77.1 Å². The predicted octanol–water partition coefficient (Wildman–Crippen LogP) is 1.76. The average Bonchev–Trinajstić information content (AvgIpc) is 3.47. The summed E-state index contributed by atoms with van der Waals surface area (Å²) >= 11 is 6.31. The number of benzene rings is 1. The van der Waals surface area contributed by atoms with Gasteiger partial charge in [-0.15, -0.1) is 0 Å². The maximum atomic E-state index is 11.1. The first-order valence-corrected chi connectivity index (χ1v) is 14.1. The Labute approximate surface area is 211 Å². The zero-order valence-corrected chi connectivity index (χ0v) is 21.0. The van der Waals surface area contributed by atoms with Crippen molar-refractivity contribution < 1.29 is 29.3 Å². The molecule has 4 atom stereocenters. The van der Waals surface area contributed by atoms with E-state index in [1.807, 2.05) is 0 Å². The maximum Gasteiger partial charge on any atom is 0.325 e. The van der Waals surface area contributed by atoms with Crippen LogP contribution in [0.5, 0.6) is 0 Å². The predicted molar refractivity (Wildman–Crippen MR) is 131 cm³/mol. The van der Waals surface area contributed by atoms with E-state index >= 15 is 0 Å². The molecule has 2 aromatic heterocycles. The van der Waals surface area contributed by atoms with Crippen LogP contribution in [0.2, 0.25) is 5.28 Å². The fourth-order valence-corrected chi connectivity index (χ4v) is 6.66. The van der Waals surface area contributed by atoms with E-state index in [1.54, 1.807) is 0 Å². The van der Waals surface area contributed by atoms with Crippen LogP contribution in [0, 0.1) is 0 Å². The molecule has 13 heteroatoms. The van der Waals surface area contributed by atoms with Crippen molar-refractivity contribution in [3.05, 3.63) is 47.0 Å². The highest BCUT2D eigenvalue weighted by Gasteiger charge is 2.49. The molecule has 1 aliphatic carbocycles. The third-order valence-corrected chi connectivity index (χ3v) is 8.74. The molecule has 2 fully saturated rings. The van der Waals surface area contributed by atoms with Crippen molar-refractivity contribution in [3.63, 3.8) is 0 Å². The molecule has 3 aromatic rings. The highest BCUT2D eigenvalue weighted by Crippen LogP contribution is 2.47. The molecule has 6 rings (SSSR count). The number of aliphatic hydroxyl groups is 2. The molecule has 0 amide bonds. The van der Waals surface area contributed by atoms with Gasteiger partial charge in [0.05, 0.1) is 12.4 Å². The number of anilines is 1. The number of halogens is 1. The lowest BCUT2D eigenvalue weighted by Crippen LogP contribution is -2.58. The second kappa shape index (κ2) is 8.73. The second-order valence-corrected chi connectivity index (χ2v) is 12.1. The Kier molecular flexibility index (Phi) is 5.88. The molecule has 2 aliphatic heterocycles. The van der Waals surface area contributed by atoms with Crippen molar-refractivity contribution in [1.29, 1.82) is 0 Å². The van der Waals surface area contributed by atoms with E-state index in [1.165, 1.54) is 22.0 Å². The van der Waals surface area contributed by atoms with E-state index in [0.29, 0.717) is 17.0 Å². The maximum absolute atomic E-state index is 11.1. The van der Waals surface area contributed by atoms with Crippen LogP contribution >= 0.6 is 19.2 Å². The van der Waals surface area contributed by atoms with Gasteiger partial charge in [-0.2, -0.15) is 9.97 Å². The lowest BCUT2D eigenvalue weighted by atomic mass is 9.75. The smallest absolute Gasteiger partial charge is 0.325 e. The third-order valence-electron chi connectivity index (χ3n) is 7.67. The van der Waals surface area contributed by atoms with E-state index in [9.17, 15) is 14.8 Å². The molecule has 1 aromatic carbocycles. The van der Waals surface area contributed by atoms with Crippen molar-refractivity contribution in [2.24, 2.45) is 0 Å². The molecule has 1 spiro atoms. The Morgan fingerprint density at radius 2 is 1.94 bits per heavy atom. The van der Waals surface area contributed by atoms with Gasteiger partial charge in [-0.25, -0.2) is 4.98 Å². The van der Waals surface area contributed by atoms with Gasteiger partial charge in [-0.1, -0.05) is 24.3 Å². The van der Waals surface area contributed by atoms with E-state index in [4.69, 9.17) is 26.1 Å². The molecule has 192 valence electrons. The van der Waals surface area contributed by atoms with Crippen LogP contribution < -0.4 is 4.90 Å². The Balaban J connectivity index is 1.24. The van der Waals surface area contributed by atoms with Crippen LogP contribution in [0.15, 0.2) is 30.6 Å². The molecule has 0 bridgehead atoms. The minimum atomic E-state index is -4.15.